The van der Waals surface area contributed by atoms with Gasteiger partial charge in [0.05, 0.1) is 17.7 Å². The Morgan fingerprint density at radius 3 is 2.57 bits per heavy atom. The Balaban J connectivity index is 1.53. The lowest BCUT2D eigenvalue weighted by Gasteiger charge is -2.14. The van der Waals surface area contributed by atoms with E-state index in [9.17, 15) is 22.8 Å². The summed E-state index contributed by atoms with van der Waals surface area (Å²) in [6.45, 7) is 0. The Hall–Kier alpha value is -3.40. The summed E-state index contributed by atoms with van der Waals surface area (Å²) in [7, 11) is 0. The molecule has 3 aromatic rings. The number of fused-ring (bicyclic) bond motifs is 1. The lowest BCUT2D eigenvalue weighted by molar-refractivity contribution is -0.137. The second-order valence-corrected chi connectivity index (χ2v) is 6.95. The summed E-state index contributed by atoms with van der Waals surface area (Å²) in [5.41, 5.74) is -0.701. The van der Waals surface area contributed by atoms with E-state index >= 15 is 0 Å². The van der Waals surface area contributed by atoms with Gasteiger partial charge in [0.2, 0.25) is 11.9 Å². The number of alkyl halides is 3. The summed E-state index contributed by atoms with van der Waals surface area (Å²) in [6.07, 6.45) is -5.03. The fourth-order valence-electron chi connectivity index (χ4n) is 3.05. The second-order valence-electron chi connectivity index (χ2n) is 6.51. The third-order valence-corrected chi connectivity index (χ3v) is 4.70. The molecular formula is C19H13ClF3N5O2. The molecule has 0 fully saturated rings. The number of halogens is 4. The number of hydrogen-bond acceptors (Lipinski definition) is 4. The van der Waals surface area contributed by atoms with Crippen molar-refractivity contribution in [1.29, 1.82) is 0 Å². The third kappa shape index (κ3) is 3.86. The van der Waals surface area contributed by atoms with Crippen LogP contribution in [0.15, 0.2) is 48.5 Å². The van der Waals surface area contributed by atoms with Gasteiger partial charge in [-0.15, -0.1) is 5.10 Å². The number of hydrogen-bond donors (Lipinski definition) is 2. The van der Waals surface area contributed by atoms with Gasteiger partial charge in [-0.1, -0.05) is 23.7 Å². The fourth-order valence-corrected chi connectivity index (χ4v) is 3.17. The van der Waals surface area contributed by atoms with Crippen molar-refractivity contribution in [1.82, 2.24) is 14.8 Å². The van der Waals surface area contributed by atoms with Crippen LogP contribution in [0.5, 0.6) is 0 Å². The summed E-state index contributed by atoms with van der Waals surface area (Å²) in [5, 5.41) is 9.54. The van der Waals surface area contributed by atoms with Crippen LogP contribution in [0.4, 0.5) is 24.8 Å². The van der Waals surface area contributed by atoms with Crippen molar-refractivity contribution in [2.24, 2.45) is 0 Å². The maximum absolute atomic E-state index is 13.1. The number of nitrogens with zero attached hydrogens (tertiary/aromatic N) is 3. The molecule has 1 aliphatic rings. The van der Waals surface area contributed by atoms with Gasteiger partial charge in [0.1, 0.15) is 6.04 Å². The number of para-hydroxylation sites is 1. The molecule has 0 saturated heterocycles. The summed E-state index contributed by atoms with van der Waals surface area (Å²) in [6, 6.07) is 10.3. The van der Waals surface area contributed by atoms with Gasteiger partial charge in [-0.2, -0.15) is 18.2 Å². The number of aromatic nitrogens is 3. The Labute approximate surface area is 172 Å². The van der Waals surface area contributed by atoms with Crippen LogP contribution in [-0.4, -0.2) is 26.6 Å². The minimum atomic E-state index is -4.62. The quantitative estimate of drug-likeness (QED) is 0.644. The molecule has 1 aliphatic heterocycles. The van der Waals surface area contributed by atoms with Crippen LogP contribution in [0.25, 0.3) is 11.4 Å². The van der Waals surface area contributed by atoms with E-state index in [4.69, 9.17) is 11.6 Å². The van der Waals surface area contributed by atoms with Gasteiger partial charge in [-0.25, -0.2) is 4.68 Å². The molecule has 0 spiro atoms. The first-order valence-electron chi connectivity index (χ1n) is 8.72. The highest BCUT2D eigenvalue weighted by atomic mass is 35.5. The molecule has 30 heavy (non-hydrogen) atoms. The van der Waals surface area contributed by atoms with Crippen molar-refractivity contribution in [3.05, 3.63) is 59.1 Å². The topological polar surface area (TPSA) is 88.9 Å². The number of anilines is 2. The predicted molar refractivity (Wildman–Crippen MR) is 103 cm³/mol. The van der Waals surface area contributed by atoms with Gasteiger partial charge >= 0.3 is 6.18 Å². The average molecular weight is 436 g/mol. The number of benzene rings is 2. The molecule has 0 saturated carbocycles. The Bertz CT molecular complexity index is 1130. The highest BCUT2D eigenvalue weighted by molar-refractivity contribution is 6.30. The molecule has 0 aliphatic carbocycles. The second kappa shape index (κ2) is 7.45. The van der Waals surface area contributed by atoms with Crippen molar-refractivity contribution in [3.63, 3.8) is 0 Å². The van der Waals surface area contributed by atoms with E-state index in [-0.39, 0.29) is 11.6 Å². The van der Waals surface area contributed by atoms with Crippen molar-refractivity contribution in [2.45, 2.75) is 18.6 Å². The number of nitrogens with one attached hydrogen (secondary N) is 2. The van der Waals surface area contributed by atoms with Crippen molar-refractivity contribution in [2.75, 3.05) is 10.6 Å². The molecule has 0 bridgehead atoms. The molecule has 1 aromatic heterocycles. The third-order valence-electron chi connectivity index (χ3n) is 4.45. The van der Waals surface area contributed by atoms with E-state index < -0.39 is 36.0 Å². The monoisotopic (exact) mass is 435 g/mol. The van der Waals surface area contributed by atoms with Crippen molar-refractivity contribution >= 4 is 35.1 Å². The summed E-state index contributed by atoms with van der Waals surface area (Å²) in [5.74, 6) is -0.817. The number of amides is 2. The first kappa shape index (κ1) is 19.9. The first-order valence-corrected chi connectivity index (χ1v) is 9.09. The summed E-state index contributed by atoms with van der Waals surface area (Å²) in [4.78, 5) is 28.8. The van der Waals surface area contributed by atoms with Crippen LogP contribution in [0.2, 0.25) is 5.02 Å². The molecule has 11 heteroatoms. The molecule has 154 valence electrons. The Morgan fingerprint density at radius 1 is 1.17 bits per heavy atom. The van der Waals surface area contributed by atoms with E-state index in [2.05, 4.69) is 20.7 Å². The average Bonchev–Trinajstić information content (AvgIpc) is 3.21. The zero-order valence-electron chi connectivity index (χ0n) is 15.1. The number of carbonyl (C=O) groups excluding carboxylic acids is 2. The van der Waals surface area contributed by atoms with Gasteiger partial charge in [-0.05, 0) is 36.4 Å². The van der Waals surface area contributed by atoms with Crippen LogP contribution in [0, 0.1) is 0 Å². The van der Waals surface area contributed by atoms with Gasteiger partial charge < -0.3 is 5.32 Å². The van der Waals surface area contributed by atoms with E-state index in [1.54, 1.807) is 24.3 Å². The van der Waals surface area contributed by atoms with Crippen molar-refractivity contribution < 1.29 is 22.8 Å². The standard InChI is InChI=1S/C19H13ClF3N5O2/c20-11-7-5-10(6-8-11)16-25-18-26-17(30)14(28(18)27-16)9-15(29)24-13-4-2-1-3-12(13)19(21,22)23/h1-8,14H,9H2,(H,24,29)(H,25,26,27,30)/t14-/m0/s1. The lowest BCUT2D eigenvalue weighted by atomic mass is 10.1. The van der Waals surface area contributed by atoms with Crippen LogP contribution in [0.3, 0.4) is 0 Å². The van der Waals surface area contributed by atoms with Gasteiger partial charge in [0, 0.05) is 10.6 Å². The molecule has 1 atom stereocenters. The minimum Gasteiger partial charge on any atom is -0.325 e. The van der Waals surface area contributed by atoms with Crippen LogP contribution < -0.4 is 10.6 Å². The maximum atomic E-state index is 13.1. The number of carbonyl (C=O) groups is 2. The van der Waals surface area contributed by atoms with Crippen LogP contribution in [0.1, 0.15) is 18.0 Å². The molecule has 2 heterocycles. The van der Waals surface area contributed by atoms with Gasteiger partial charge in [0.15, 0.2) is 5.82 Å². The van der Waals surface area contributed by atoms with Gasteiger partial charge in [-0.3, -0.25) is 14.9 Å². The Kier molecular flexibility index (Phi) is 4.94. The summed E-state index contributed by atoms with van der Waals surface area (Å²) >= 11 is 5.86. The zero-order valence-corrected chi connectivity index (χ0v) is 15.8. The van der Waals surface area contributed by atoms with Crippen LogP contribution in [-0.2, 0) is 15.8 Å². The smallest absolute Gasteiger partial charge is 0.325 e. The molecule has 7 nitrogen and oxygen atoms in total. The van der Waals surface area contributed by atoms with E-state index in [0.29, 0.717) is 16.4 Å². The van der Waals surface area contributed by atoms with E-state index in [0.717, 1.165) is 12.1 Å². The van der Waals surface area contributed by atoms with E-state index in [1.165, 1.54) is 16.8 Å². The van der Waals surface area contributed by atoms with Crippen LogP contribution >= 0.6 is 11.6 Å². The highest BCUT2D eigenvalue weighted by Gasteiger charge is 2.37. The fraction of sp³-hybridized carbons (Fsp3) is 0.158. The highest BCUT2D eigenvalue weighted by Crippen LogP contribution is 2.35. The number of rotatable bonds is 4. The molecule has 0 unspecified atom stereocenters. The maximum Gasteiger partial charge on any atom is 0.418 e. The molecule has 4 rings (SSSR count). The molecule has 2 amide bonds. The zero-order chi connectivity index (χ0) is 21.5. The van der Waals surface area contributed by atoms with Crippen molar-refractivity contribution in [3.8, 4) is 11.4 Å². The molecule has 0 radical (unpaired) electrons. The lowest BCUT2D eigenvalue weighted by Crippen LogP contribution is -2.24. The minimum absolute atomic E-state index is 0.151. The molecule has 2 aromatic carbocycles. The van der Waals surface area contributed by atoms with Gasteiger partial charge in [0.25, 0.3) is 5.91 Å². The molecule has 2 N–H and O–H groups in total. The largest absolute Gasteiger partial charge is 0.418 e. The SMILES string of the molecule is O=C(C[C@H]1C(=O)Nc2nc(-c3ccc(Cl)cc3)nn21)Nc1ccccc1C(F)(F)F. The predicted octanol–water partition coefficient (Wildman–Crippen LogP) is 4.14. The summed E-state index contributed by atoms with van der Waals surface area (Å²) < 4.78 is 40.6. The normalized spacial score (nSPS) is 15.6. The Morgan fingerprint density at radius 2 is 1.87 bits per heavy atom. The first-order chi connectivity index (χ1) is 14.2. The van der Waals surface area contributed by atoms with E-state index in [1.807, 2.05) is 0 Å². The molecular weight excluding hydrogens is 423 g/mol.